The maximum atomic E-state index is 12.8. The van der Waals surface area contributed by atoms with Crippen molar-refractivity contribution < 1.29 is 18.7 Å². The molecule has 1 aliphatic rings. The van der Waals surface area contributed by atoms with E-state index in [4.69, 9.17) is 4.74 Å². The lowest BCUT2D eigenvalue weighted by Crippen LogP contribution is -2.40. The van der Waals surface area contributed by atoms with Crippen LogP contribution in [0.1, 0.15) is 0 Å². The first-order valence-electron chi connectivity index (χ1n) is 4.86. The molecule has 0 aromatic heterocycles. The zero-order valence-electron chi connectivity index (χ0n) is 8.70. The molecule has 0 saturated carbocycles. The van der Waals surface area contributed by atoms with Crippen LogP contribution < -0.4 is 15.4 Å². The molecule has 17 heavy (non-hydrogen) atoms. The van der Waals surface area contributed by atoms with Crippen molar-refractivity contribution in [1.29, 1.82) is 0 Å². The highest BCUT2D eigenvalue weighted by molar-refractivity contribution is 5.93. The van der Waals surface area contributed by atoms with Crippen molar-refractivity contribution in [3.05, 3.63) is 41.9 Å². The maximum Gasteiger partial charge on any atom is 0.342 e. The predicted octanol–water partition coefficient (Wildman–Crippen LogP) is 0.928. The van der Waals surface area contributed by atoms with Crippen molar-refractivity contribution >= 4 is 12.0 Å². The summed E-state index contributed by atoms with van der Waals surface area (Å²) in [5, 5.41) is 4.74. The summed E-state index contributed by atoms with van der Waals surface area (Å²) < 4.78 is 17.8. The number of urea groups is 1. The van der Waals surface area contributed by atoms with Crippen LogP contribution in [0.3, 0.4) is 0 Å². The first-order valence-corrected chi connectivity index (χ1v) is 4.86. The largest absolute Gasteiger partial charge is 0.423 e. The highest BCUT2D eigenvalue weighted by atomic mass is 19.1. The Morgan fingerprint density at radius 1 is 1.41 bits per heavy atom. The van der Waals surface area contributed by atoms with Gasteiger partial charge in [-0.3, -0.25) is 0 Å². The summed E-state index contributed by atoms with van der Waals surface area (Å²) in [6, 6.07) is 4.88. The zero-order valence-corrected chi connectivity index (χ0v) is 8.70. The molecule has 0 spiro atoms. The summed E-state index contributed by atoms with van der Waals surface area (Å²) in [6.07, 6.45) is 1.26. The lowest BCUT2D eigenvalue weighted by molar-refractivity contribution is -0.130. The van der Waals surface area contributed by atoms with Crippen LogP contribution in [-0.2, 0) is 4.79 Å². The van der Waals surface area contributed by atoms with Crippen molar-refractivity contribution in [3.63, 3.8) is 0 Å². The van der Waals surface area contributed by atoms with Gasteiger partial charge in [0.1, 0.15) is 11.6 Å². The molecular formula is C11H9FN2O3. The molecule has 0 fully saturated rings. The van der Waals surface area contributed by atoms with Crippen molar-refractivity contribution in [2.75, 3.05) is 6.54 Å². The van der Waals surface area contributed by atoms with E-state index in [1.165, 1.54) is 24.4 Å². The Kier molecular flexibility index (Phi) is 3.04. The first kappa shape index (κ1) is 11.1. The van der Waals surface area contributed by atoms with Crippen molar-refractivity contribution in [2.45, 2.75) is 0 Å². The van der Waals surface area contributed by atoms with E-state index in [1.54, 1.807) is 0 Å². The van der Waals surface area contributed by atoms with Crippen LogP contribution in [0.4, 0.5) is 9.18 Å². The lowest BCUT2D eigenvalue weighted by Gasteiger charge is -2.13. The minimum Gasteiger partial charge on any atom is -0.423 e. The van der Waals surface area contributed by atoms with E-state index in [-0.39, 0.29) is 23.9 Å². The number of rotatable bonds is 2. The molecule has 2 N–H and O–H groups in total. The average Bonchev–Trinajstić information content (AvgIpc) is 2.29. The molecule has 1 aliphatic heterocycles. The molecule has 1 heterocycles. The van der Waals surface area contributed by atoms with E-state index < -0.39 is 11.8 Å². The Labute approximate surface area is 96.3 Å². The molecule has 2 amide bonds. The molecule has 5 nitrogen and oxygen atoms in total. The van der Waals surface area contributed by atoms with E-state index in [9.17, 15) is 14.0 Å². The van der Waals surface area contributed by atoms with Crippen LogP contribution in [0.5, 0.6) is 5.75 Å². The third kappa shape index (κ3) is 2.81. The summed E-state index contributed by atoms with van der Waals surface area (Å²) in [5.74, 6) is -1.00. The lowest BCUT2D eigenvalue weighted by atomic mass is 10.2. The van der Waals surface area contributed by atoms with E-state index >= 15 is 0 Å². The SMILES string of the molecule is O=C1NC=C(C(=O)Oc2cccc(F)c2)CN1. The maximum absolute atomic E-state index is 12.8. The quantitative estimate of drug-likeness (QED) is 0.593. The molecule has 88 valence electrons. The van der Waals surface area contributed by atoms with Crippen molar-refractivity contribution in [2.24, 2.45) is 0 Å². The molecule has 0 saturated heterocycles. The van der Waals surface area contributed by atoms with Crippen molar-refractivity contribution in [3.8, 4) is 5.75 Å². The molecule has 0 radical (unpaired) electrons. The van der Waals surface area contributed by atoms with Crippen LogP contribution in [0, 0.1) is 5.82 Å². The highest BCUT2D eigenvalue weighted by Crippen LogP contribution is 2.13. The number of carbonyl (C=O) groups is 2. The predicted molar refractivity (Wildman–Crippen MR) is 56.7 cm³/mol. The molecular weight excluding hydrogens is 227 g/mol. The Balaban J connectivity index is 2.04. The van der Waals surface area contributed by atoms with Crippen molar-refractivity contribution in [1.82, 2.24) is 10.6 Å². The zero-order chi connectivity index (χ0) is 12.3. The molecule has 1 aromatic rings. The second-order valence-corrected chi connectivity index (χ2v) is 3.34. The Bertz CT molecular complexity index is 499. The summed E-state index contributed by atoms with van der Waals surface area (Å²) >= 11 is 0. The van der Waals surface area contributed by atoms with Gasteiger partial charge in [0.15, 0.2) is 0 Å². The Hall–Kier alpha value is -2.37. The number of esters is 1. The van der Waals surface area contributed by atoms with Gasteiger partial charge >= 0.3 is 12.0 Å². The van der Waals surface area contributed by atoms with Gasteiger partial charge in [0, 0.05) is 12.3 Å². The number of nitrogens with one attached hydrogen (secondary N) is 2. The molecule has 0 atom stereocenters. The average molecular weight is 236 g/mol. The number of hydrogen-bond donors (Lipinski definition) is 2. The Morgan fingerprint density at radius 2 is 2.24 bits per heavy atom. The summed E-state index contributed by atoms with van der Waals surface area (Å²) in [6.45, 7) is 0.0833. The van der Waals surface area contributed by atoms with Gasteiger partial charge in [-0.15, -0.1) is 0 Å². The number of amides is 2. The van der Waals surface area contributed by atoms with Crippen LogP contribution >= 0.6 is 0 Å². The van der Waals surface area contributed by atoms with E-state index in [0.717, 1.165) is 6.07 Å². The van der Waals surface area contributed by atoms with Gasteiger partial charge in [-0.05, 0) is 12.1 Å². The number of hydrogen-bond acceptors (Lipinski definition) is 3. The van der Waals surface area contributed by atoms with Gasteiger partial charge in [-0.2, -0.15) is 0 Å². The minimum absolute atomic E-state index is 0.0833. The number of carbonyl (C=O) groups excluding carboxylic acids is 2. The normalized spacial score (nSPS) is 14.4. The van der Waals surface area contributed by atoms with Crippen LogP contribution in [0.25, 0.3) is 0 Å². The van der Waals surface area contributed by atoms with E-state index in [2.05, 4.69) is 10.6 Å². The first-order chi connectivity index (χ1) is 8.15. The standard InChI is InChI=1S/C11H9FN2O3/c12-8-2-1-3-9(4-8)17-10(15)7-5-13-11(16)14-6-7/h1-5H,6H2,(H2,13,14,16). The highest BCUT2D eigenvalue weighted by Gasteiger charge is 2.17. The molecule has 2 rings (SSSR count). The van der Waals surface area contributed by atoms with E-state index in [1.807, 2.05) is 0 Å². The summed E-state index contributed by atoms with van der Waals surface area (Å²) in [7, 11) is 0. The van der Waals surface area contributed by atoms with E-state index in [0.29, 0.717) is 0 Å². The Morgan fingerprint density at radius 3 is 2.88 bits per heavy atom. The van der Waals surface area contributed by atoms with Crippen LogP contribution in [-0.4, -0.2) is 18.5 Å². The summed E-state index contributed by atoms with van der Waals surface area (Å²) in [5.41, 5.74) is 0.258. The van der Waals surface area contributed by atoms with Gasteiger partial charge < -0.3 is 15.4 Å². The van der Waals surface area contributed by atoms with Gasteiger partial charge in [0.05, 0.1) is 12.1 Å². The van der Waals surface area contributed by atoms with Gasteiger partial charge in [-0.25, -0.2) is 14.0 Å². The number of benzene rings is 1. The molecule has 0 unspecified atom stereocenters. The molecule has 1 aromatic carbocycles. The fourth-order valence-corrected chi connectivity index (χ4v) is 1.26. The third-order valence-corrected chi connectivity index (χ3v) is 2.09. The second-order valence-electron chi connectivity index (χ2n) is 3.34. The monoisotopic (exact) mass is 236 g/mol. The van der Waals surface area contributed by atoms with Crippen LogP contribution in [0.15, 0.2) is 36.0 Å². The van der Waals surface area contributed by atoms with Gasteiger partial charge in [0.2, 0.25) is 0 Å². The smallest absolute Gasteiger partial charge is 0.342 e. The third-order valence-electron chi connectivity index (χ3n) is 2.09. The number of halogens is 1. The second kappa shape index (κ2) is 4.65. The minimum atomic E-state index is -0.636. The number of ether oxygens (including phenoxy) is 1. The molecule has 0 bridgehead atoms. The fraction of sp³-hybridized carbons (Fsp3) is 0.0909. The molecule has 0 aliphatic carbocycles. The van der Waals surface area contributed by atoms with Crippen LogP contribution in [0.2, 0.25) is 0 Å². The molecule has 6 heteroatoms. The van der Waals surface area contributed by atoms with Gasteiger partial charge in [-0.1, -0.05) is 6.07 Å². The summed E-state index contributed by atoms with van der Waals surface area (Å²) in [4.78, 5) is 22.3. The fourth-order valence-electron chi connectivity index (χ4n) is 1.26. The topological polar surface area (TPSA) is 67.4 Å². The van der Waals surface area contributed by atoms with Gasteiger partial charge in [0.25, 0.3) is 0 Å².